The topological polar surface area (TPSA) is 96.8 Å². The highest BCUT2D eigenvalue weighted by Crippen LogP contribution is 2.42. The molecule has 1 saturated heterocycles. The van der Waals surface area contributed by atoms with Gasteiger partial charge in [-0.25, -0.2) is 4.98 Å². The Morgan fingerprint density at radius 1 is 0.857 bits per heavy atom. The first-order valence-corrected chi connectivity index (χ1v) is 16.7. The minimum absolute atomic E-state index is 0.0174. The van der Waals surface area contributed by atoms with E-state index in [1.165, 1.54) is 22.5 Å². The average Bonchev–Trinajstić information content (AvgIpc) is 3.15. The number of benzene rings is 5. The fourth-order valence-corrected chi connectivity index (χ4v) is 6.52. The third-order valence-electron chi connectivity index (χ3n) is 9.61. The second-order valence-corrected chi connectivity index (χ2v) is 12.9. The summed E-state index contributed by atoms with van der Waals surface area (Å²) in [6.07, 6.45) is 0.390. The van der Waals surface area contributed by atoms with E-state index in [2.05, 4.69) is 83.5 Å². The van der Waals surface area contributed by atoms with E-state index >= 15 is 0 Å². The molecule has 1 aromatic heterocycles. The smallest absolute Gasteiger partial charge is 0.275 e. The van der Waals surface area contributed by atoms with Crippen molar-refractivity contribution in [3.8, 4) is 0 Å². The molecule has 6 aromatic rings. The number of carbonyl (C=O) groups excluding carboxylic acids is 1. The number of amides is 1. The van der Waals surface area contributed by atoms with Crippen LogP contribution in [0.5, 0.6) is 0 Å². The minimum Gasteiger partial charge on any atom is -0.392 e. The van der Waals surface area contributed by atoms with Crippen LogP contribution in [0.15, 0.2) is 121 Å². The largest absolute Gasteiger partial charge is 0.392 e. The monoisotopic (exact) mass is 652 g/mol. The summed E-state index contributed by atoms with van der Waals surface area (Å²) in [6, 6.07) is 38.2. The molecule has 1 aliphatic heterocycles. The van der Waals surface area contributed by atoms with E-state index in [0.717, 1.165) is 22.2 Å². The molecule has 8 nitrogen and oxygen atoms in total. The molecule has 0 bridgehead atoms. The van der Waals surface area contributed by atoms with Gasteiger partial charge in [0.1, 0.15) is 5.69 Å². The second kappa shape index (κ2) is 14.2. The number of rotatable bonds is 9. The van der Waals surface area contributed by atoms with Crippen molar-refractivity contribution in [2.75, 3.05) is 18.9 Å². The van der Waals surface area contributed by atoms with Crippen LogP contribution in [0.4, 0.5) is 5.69 Å². The lowest BCUT2D eigenvalue weighted by Crippen LogP contribution is -2.44. The predicted octanol–water partition coefficient (Wildman–Crippen LogP) is 8.01. The van der Waals surface area contributed by atoms with Crippen molar-refractivity contribution in [3.63, 3.8) is 0 Å². The van der Waals surface area contributed by atoms with Crippen molar-refractivity contribution in [2.45, 2.75) is 45.0 Å². The molecule has 1 amide bonds. The number of anilines is 1. The van der Waals surface area contributed by atoms with Crippen LogP contribution < -0.4 is 5.32 Å². The van der Waals surface area contributed by atoms with Crippen LogP contribution in [0.3, 0.4) is 0 Å². The van der Waals surface area contributed by atoms with Crippen molar-refractivity contribution < 1.29 is 19.4 Å². The van der Waals surface area contributed by atoms with E-state index in [9.17, 15) is 9.90 Å². The van der Waals surface area contributed by atoms with Gasteiger partial charge in [0.15, 0.2) is 6.29 Å². The number of aliphatic hydroxyl groups is 1. The molecule has 0 radical (unpaired) electrons. The quantitative estimate of drug-likeness (QED) is 0.163. The van der Waals surface area contributed by atoms with Gasteiger partial charge in [-0.2, -0.15) is 0 Å². The van der Waals surface area contributed by atoms with Gasteiger partial charge in [0.05, 0.1) is 36.0 Å². The molecule has 2 heterocycles. The summed E-state index contributed by atoms with van der Waals surface area (Å²) in [7, 11) is 2.14. The van der Waals surface area contributed by atoms with Gasteiger partial charge >= 0.3 is 0 Å². The number of hydrogen-bond acceptors (Lipinski definition) is 7. The summed E-state index contributed by atoms with van der Waals surface area (Å²) >= 11 is 0. The fraction of sp³-hybridized carbons (Fsp3) is 0.244. The van der Waals surface area contributed by atoms with Gasteiger partial charge in [0.2, 0.25) is 0 Å². The third-order valence-corrected chi connectivity index (χ3v) is 9.61. The number of nitrogens with one attached hydrogen (secondary N) is 1. The summed E-state index contributed by atoms with van der Waals surface area (Å²) in [5.74, 6) is -0.324. The average molecular weight is 653 g/mol. The van der Waals surface area contributed by atoms with Gasteiger partial charge in [-0.05, 0) is 71.8 Å². The Kier molecular flexibility index (Phi) is 9.46. The molecule has 5 aromatic carbocycles. The molecule has 8 heteroatoms. The van der Waals surface area contributed by atoms with Crippen molar-refractivity contribution in [1.29, 1.82) is 0 Å². The first kappa shape index (κ1) is 32.6. The Hall–Kier alpha value is -4.99. The van der Waals surface area contributed by atoms with Crippen molar-refractivity contribution in [3.05, 3.63) is 149 Å². The van der Waals surface area contributed by atoms with Gasteiger partial charge in [-0.3, -0.25) is 14.7 Å². The lowest BCUT2D eigenvalue weighted by Gasteiger charge is -2.43. The molecular formula is C41H40N4O4. The molecule has 0 spiro atoms. The van der Waals surface area contributed by atoms with Crippen LogP contribution in [0.2, 0.25) is 0 Å². The summed E-state index contributed by atoms with van der Waals surface area (Å²) in [5.41, 5.74) is 6.13. The molecule has 248 valence electrons. The normalized spacial score (nSPS) is 20.0. The minimum atomic E-state index is -0.676. The van der Waals surface area contributed by atoms with E-state index in [1.807, 2.05) is 72.8 Å². The summed E-state index contributed by atoms with van der Waals surface area (Å²) < 4.78 is 13.5. The van der Waals surface area contributed by atoms with Crippen molar-refractivity contribution in [1.82, 2.24) is 14.9 Å². The zero-order chi connectivity index (χ0) is 33.9. The van der Waals surface area contributed by atoms with Gasteiger partial charge < -0.3 is 19.9 Å². The number of aliphatic hydroxyl groups excluding tert-OH is 1. The second-order valence-electron chi connectivity index (χ2n) is 12.9. The Balaban J connectivity index is 1.13. The lowest BCUT2D eigenvalue weighted by atomic mass is 9.89. The summed E-state index contributed by atoms with van der Waals surface area (Å²) in [5, 5.41) is 15.1. The number of likely N-dealkylation sites (N-methyl/N-ethyl adjacent to an activating group) is 1. The maximum Gasteiger partial charge on any atom is 0.275 e. The Morgan fingerprint density at radius 3 is 2.41 bits per heavy atom. The van der Waals surface area contributed by atoms with E-state index in [-0.39, 0.29) is 42.4 Å². The standard InChI is InChI=1S/C41H40N4O4/c1-26-38(24-45(3)27(2)31-20-19-29-9-4-5-10-32(29)21-31)48-41(49-39(26)30-17-15-28(25-46)16-18-30)33-11-8-12-34(22-33)43-40(47)37-23-42-35-13-6-7-14-36(35)44-37/h4-23,26-27,38-39,41,46H,24-25H2,1-3H3,(H,43,47)/t26-,27-,38+,39+,41+/m1/s1. The van der Waals surface area contributed by atoms with Crippen molar-refractivity contribution >= 4 is 33.4 Å². The number of carbonyl (C=O) groups is 1. The zero-order valence-corrected chi connectivity index (χ0v) is 27.9. The van der Waals surface area contributed by atoms with Crippen LogP contribution in [-0.4, -0.2) is 45.6 Å². The molecule has 0 saturated carbocycles. The maximum atomic E-state index is 13.2. The summed E-state index contributed by atoms with van der Waals surface area (Å²) in [4.78, 5) is 24.4. The molecule has 5 atom stereocenters. The van der Waals surface area contributed by atoms with Crippen LogP contribution in [-0.2, 0) is 16.1 Å². The number of fused-ring (bicyclic) bond motifs is 2. The lowest BCUT2D eigenvalue weighted by molar-refractivity contribution is -0.276. The molecule has 0 aliphatic carbocycles. The Labute approximate surface area is 286 Å². The van der Waals surface area contributed by atoms with Gasteiger partial charge in [-0.1, -0.05) is 91.9 Å². The van der Waals surface area contributed by atoms with Gasteiger partial charge in [-0.15, -0.1) is 0 Å². The van der Waals surface area contributed by atoms with Crippen LogP contribution in [0, 0.1) is 5.92 Å². The molecule has 49 heavy (non-hydrogen) atoms. The third kappa shape index (κ3) is 7.09. The summed E-state index contributed by atoms with van der Waals surface area (Å²) in [6.45, 7) is 5.05. The Morgan fingerprint density at radius 2 is 1.61 bits per heavy atom. The number of nitrogens with zero attached hydrogens (tertiary/aromatic N) is 3. The van der Waals surface area contributed by atoms with E-state index < -0.39 is 6.29 Å². The number of para-hydroxylation sites is 2. The molecule has 1 fully saturated rings. The van der Waals surface area contributed by atoms with Crippen LogP contribution >= 0.6 is 0 Å². The fourth-order valence-electron chi connectivity index (χ4n) is 6.52. The highest BCUT2D eigenvalue weighted by molar-refractivity contribution is 6.03. The molecule has 1 aliphatic rings. The van der Waals surface area contributed by atoms with Crippen LogP contribution in [0.1, 0.15) is 65.0 Å². The molecular weight excluding hydrogens is 612 g/mol. The predicted molar refractivity (Wildman–Crippen MR) is 192 cm³/mol. The molecule has 0 unspecified atom stereocenters. The highest BCUT2D eigenvalue weighted by atomic mass is 16.7. The van der Waals surface area contributed by atoms with Crippen LogP contribution in [0.25, 0.3) is 21.8 Å². The van der Waals surface area contributed by atoms with Gasteiger partial charge in [0, 0.05) is 29.8 Å². The SMILES string of the molecule is C[C@@H]1[C@H](CN(C)[C@H](C)c2ccc3ccccc3c2)O[C@H](c2cccc(NC(=O)c3cnc4ccccc4n3)c2)O[C@@H]1c1ccc(CO)cc1. The number of hydrogen-bond donors (Lipinski definition) is 2. The van der Waals surface area contributed by atoms with E-state index in [4.69, 9.17) is 9.47 Å². The number of ether oxygens (including phenoxy) is 2. The maximum absolute atomic E-state index is 13.2. The highest BCUT2D eigenvalue weighted by Gasteiger charge is 2.39. The first-order chi connectivity index (χ1) is 23.9. The Bertz CT molecular complexity index is 2080. The zero-order valence-electron chi connectivity index (χ0n) is 27.9. The molecule has 2 N–H and O–H groups in total. The molecule has 7 rings (SSSR count). The van der Waals surface area contributed by atoms with E-state index in [0.29, 0.717) is 17.7 Å². The van der Waals surface area contributed by atoms with E-state index in [1.54, 1.807) is 0 Å². The van der Waals surface area contributed by atoms with Gasteiger partial charge in [0.25, 0.3) is 5.91 Å². The first-order valence-electron chi connectivity index (χ1n) is 16.7. The number of aromatic nitrogens is 2. The van der Waals surface area contributed by atoms with Crippen molar-refractivity contribution in [2.24, 2.45) is 5.92 Å².